The third kappa shape index (κ3) is 0.989. The highest BCUT2D eigenvalue weighted by Crippen LogP contribution is 2.35. The summed E-state index contributed by atoms with van der Waals surface area (Å²) in [4.78, 5) is 0. The molecular formula is C12H13. The number of allylic oxidation sites excluding steroid dienone is 1. The van der Waals surface area contributed by atoms with Gasteiger partial charge in [-0.3, -0.25) is 0 Å². The number of benzene rings is 1. The molecule has 0 fully saturated rings. The van der Waals surface area contributed by atoms with Crippen molar-refractivity contribution in [3.8, 4) is 0 Å². The minimum absolute atomic E-state index is 0.589. The van der Waals surface area contributed by atoms with Gasteiger partial charge in [-0.05, 0) is 23.6 Å². The fourth-order valence-corrected chi connectivity index (χ4v) is 1.85. The van der Waals surface area contributed by atoms with E-state index in [2.05, 4.69) is 44.2 Å². The first-order valence-corrected chi connectivity index (χ1v) is 4.54. The second-order valence-electron chi connectivity index (χ2n) is 3.31. The van der Waals surface area contributed by atoms with Gasteiger partial charge in [0.2, 0.25) is 0 Å². The Balaban J connectivity index is 2.47. The van der Waals surface area contributed by atoms with Gasteiger partial charge in [0, 0.05) is 5.92 Å². The summed E-state index contributed by atoms with van der Waals surface area (Å²) in [6.45, 7) is 4.46. The molecule has 12 heavy (non-hydrogen) atoms. The zero-order chi connectivity index (χ0) is 8.55. The Morgan fingerprint density at radius 3 is 2.75 bits per heavy atom. The van der Waals surface area contributed by atoms with Crippen LogP contribution in [0.4, 0.5) is 0 Å². The molecular weight excluding hydrogens is 144 g/mol. The molecule has 0 bridgehead atoms. The van der Waals surface area contributed by atoms with Gasteiger partial charge in [0.15, 0.2) is 0 Å². The lowest BCUT2D eigenvalue weighted by Crippen LogP contribution is -1.91. The SMILES string of the molecule is CCC1=[C]c2ccccc2C1C. The van der Waals surface area contributed by atoms with Gasteiger partial charge >= 0.3 is 0 Å². The van der Waals surface area contributed by atoms with E-state index in [1.165, 1.54) is 16.7 Å². The Hall–Kier alpha value is -1.04. The van der Waals surface area contributed by atoms with Gasteiger partial charge < -0.3 is 0 Å². The van der Waals surface area contributed by atoms with E-state index in [9.17, 15) is 0 Å². The summed E-state index contributed by atoms with van der Waals surface area (Å²) in [5.41, 5.74) is 4.17. The highest BCUT2D eigenvalue weighted by atomic mass is 14.2. The minimum Gasteiger partial charge on any atom is -0.0619 e. The smallest absolute Gasteiger partial charge is 0.00353 e. The van der Waals surface area contributed by atoms with Crippen molar-refractivity contribution in [3.05, 3.63) is 47.0 Å². The van der Waals surface area contributed by atoms with E-state index >= 15 is 0 Å². The lowest BCUT2D eigenvalue weighted by Gasteiger charge is -2.07. The van der Waals surface area contributed by atoms with Crippen molar-refractivity contribution in [2.24, 2.45) is 0 Å². The molecule has 0 aliphatic heterocycles. The molecule has 1 unspecified atom stereocenters. The summed E-state index contributed by atoms with van der Waals surface area (Å²) in [5.74, 6) is 0.589. The van der Waals surface area contributed by atoms with Crippen molar-refractivity contribution >= 4 is 0 Å². The first kappa shape index (κ1) is 7.60. The van der Waals surface area contributed by atoms with E-state index in [0.717, 1.165) is 6.42 Å². The summed E-state index contributed by atoms with van der Waals surface area (Å²) >= 11 is 0. The van der Waals surface area contributed by atoms with E-state index in [0.29, 0.717) is 5.92 Å². The Bertz CT molecular complexity index is 321. The van der Waals surface area contributed by atoms with Gasteiger partial charge in [0.1, 0.15) is 0 Å². The van der Waals surface area contributed by atoms with Crippen molar-refractivity contribution in [1.29, 1.82) is 0 Å². The molecule has 0 heteroatoms. The predicted octanol–water partition coefficient (Wildman–Crippen LogP) is 3.29. The Labute approximate surface area is 73.9 Å². The van der Waals surface area contributed by atoms with E-state index < -0.39 is 0 Å². The molecule has 1 atom stereocenters. The van der Waals surface area contributed by atoms with Crippen molar-refractivity contribution in [2.45, 2.75) is 26.2 Å². The largest absolute Gasteiger partial charge is 0.0619 e. The summed E-state index contributed by atoms with van der Waals surface area (Å²) in [6, 6.07) is 8.54. The van der Waals surface area contributed by atoms with E-state index in [4.69, 9.17) is 0 Å². The molecule has 2 rings (SSSR count). The van der Waals surface area contributed by atoms with E-state index in [1.54, 1.807) is 0 Å². The molecule has 0 N–H and O–H groups in total. The van der Waals surface area contributed by atoms with Crippen LogP contribution in [0, 0.1) is 6.08 Å². The van der Waals surface area contributed by atoms with Crippen LogP contribution in [-0.2, 0) is 0 Å². The number of hydrogen-bond donors (Lipinski definition) is 0. The highest BCUT2D eigenvalue weighted by molar-refractivity contribution is 5.45. The van der Waals surface area contributed by atoms with Crippen molar-refractivity contribution in [3.63, 3.8) is 0 Å². The fourth-order valence-electron chi connectivity index (χ4n) is 1.85. The van der Waals surface area contributed by atoms with Crippen LogP contribution in [0.3, 0.4) is 0 Å². The van der Waals surface area contributed by atoms with Crippen molar-refractivity contribution in [1.82, 2.24) is 0 Å². The predicted molar refractivity (Wildman–Crippen MR) is 51.0 cm³/mol. The van der Waals surface area contributed by atoms with Gasteiger partial charge in [-0.15, -0.1) is 0 Å². The first-order valence-electron chi connectivity index (χ1n) is 4.54. The maximum absolute atomic E-state index is 3.45. The minimum atomic E-state index is 0.589. The summed E-state index contributed by atoms with van der Waals surface area (Å²) in [6.07, 6.45) is 4.57. The van der Waals surface area contributed by atoms with Crippen LogP contribution in [0.5, 0.6) is 0 Å². The molecule has 1 radical (unpaired) electrons. The quantitative estimate of drug-likeness (QED) is 0.586. The maximum atomic E-state index is 3.45. The van der Waals surface area contributed by atoms with Crippen molar-refractivity contribution in [2.75, 3.05) is 0 Å². The second kappa shape index (κ2) is 2.78. The zero-order valence-electron chi connectivity index (χ0n) is 7.59. The topological polar surface area (TPSA) is 0 Å². The second-order valence-corrected chi connectivity index (χ2v) is 3.31. The average molecular weight is 157 g/mol. The normalized spacial score (nSPS) is 20.5. The summed E-state index contributed by atoms with van der Waals surface area (Å²) < 4.78 is 0. The molecule has 0 heterocycles. The van der Waals surface area contributed by atoms with Crippen LogP contribution >= 0.6 is 0 Å². The van der Waals surface area contributed by atoms with Crippen LogP contribution in [-0.4, -0.2) is 0 Å². The van der Waals surface area contributed by atoms with Gasteiger partial charge in [0.25, 0.3) is 0 Å². The molecule has 0 aromatic heterocycles. The Morgan fingerprint density at radius 2 is 2.08 bits per heavy atom. The van der Waals surface area contributed by atoms with Gasteiger partial charge in [-0.2, -0.15) is 0 Å². The van der Waals surface area contributed by atoms with Gasteiger partial charge in [-0.25, -0.2) is 0 Å². The molecule has 0 nitrogen and oxygen atoms in total. The molecule has 0 amide bonds. The lowest BCUT2D eigenvalue weighted by molar-refractivity contribution is 0.859. The molecule has 61 valence electrons. The third-order valence-corrected chi connectivity index (χ3v) is 2.63. The Morgan fingerprint density at radius 1 is 1.33 bits per heavy atom. The van der Waals surface area contributed by atoms with E-state index in [1.807, 2.05) is 0 Å². The number of fused-ring (bicyclic) bond motifs is 1. The number of hydrogen-bond acceptors (Lipinski definition) is 0. The molecule has 0 saturated heterocycles. The van der Waals surface area contributed by atoms with Crippen LogP contribution in [0.1, 0.15) is 37.3 Å². The molecule has 1 aliphatic rings. The lowest BCUT2D eigenvalue weighted by atomic mass is 9.97. The van der Waals surface area contributed by atoms with Gasteiger partial charge in [-0.1, -0.05) is 43.7 Å². The monoisotopic (exact) mass is 157 g/mol. The zero-order valence-corrected chi connectivity index (χ0v) is 7.59. The highest BCUT2D eigenvalue weighted by Gasteiger charge is 2.18. The molecule has 1 aliphatic carbocycles. The van der Waals surface area contributed by atoms with E-state index in [-0.39, 0.29) is 0 Å². The van der Waals surface area contributed by atoms with Crippen LogP contribution < -0.4 is 0 Å². The standard InChI is InChI=1S/C12H13/c1-3-10-8-11-6-4-5-7-12(11)9(10)2/h4-7,9H,3H2,1-2H3. The van der Waals surface area contributed by atoms with Gasteiger partial charge in [0.05, 0.1) is 0 Å². The van der Waals surface area contributed by atoms with Crippen LogP contribution in [0.2, 0.25) is 0 Å². The van der Waals surface area contributed by atoms with Crippen LogP contribution in [0.15, 0.2) is 29.8 Å². The summed E-state index contributed by atoms with van der Waals surface area (Å²) in [7, 11) is 0. The number of rotatable bonds is 1. The average Bonchev–Trinajstić information content (AvgIpc) is 2.44. The first-order chi connectivity index (χ1) is 5.83. The fraction of sp³-hybridized carbons (Fsp3) is 0.333. The maximum Gasteiger partial charge on any atom is 0.00353 e. The van der Waals surface area contributed by atoms with Crippen LogP contribution in [0.25, 0.3) is 0 Å². The summed E-state index contributed by atoms with van der Waals surface area (Å²) in [5, 5.41) is 0. The molecule has 1 aromatic rings. The third-order valence-electron chi connectivity index (χ3n) is 2.63. The Kier molecular flexibility index (Phi) is 1.76. The molecule has 0 spiro atoms. The molecule has 0 saturated carbocycles. The van der Waals surface area contributed by atoms with Crippen molar-refractivity contribution < 1.29 is 0 Å². The molecule has 1 aromatic carbocycles.